The molecular weight excluding hydrogens is 390 g/mol. The topological polar surface area (TPSA) is 81.1 Å². The molecule has 1 aromatic heterocycles. The van der Waals surface area contributed by atoms with Gasteiger partial charge in [0.25, 0.3) is 5.91 Å². The zero-order chi connectivity index (χ0) is 21.6. The van der Waals surface area contributed by atoms with Crippen LogP contribution in [0.15, 0.2) is 72.2 Å². The van der Waals surface area contributed by atoms with Gasteiger partial charge in [-0.2, -0.15) is 10.1 Å². The molecule has 160 valence electrons. The molecule has 1 atom stereocenters. The molecule has 3 aromatic rings. The number of para-hydroxylation sites is 1. The summed E-state index contributed by atoms with van der Waals surface area (Å²) in [6.07, 6.45) is 4.86. The summed E-state index contributed by atoms with van der Waals surface area (Å²) in [4.78, 5) is 17.6. The van der Waals surface area contributed by atoms with Gasteiger partial charge in [-0.3, -0.25) is 4.79 Å². The smallest absolute Gasteiger partial charge is 0.255 e. The highest BCUT2D eigenvalue weighted by atomic mass is 16.5. The number of nitrogens with one attached hydrogen (secondary N) is 2. The Morgan fingerprint density at radius 1 is 1.13 bits per heavy atom. The van der Waals surface area contributed by atoms with Crippen LogP contribution >= 0.6 is 0 Å². The number of unbranched alkanes of at least 4 members (excludes halogenated alkanes) is 2. The molecule has 2 N–H and O–H groups in total. The minimum Gasteiger partial charge on any atom is -0.494 e. The first-order chi connectivity index (χ1) is 15.2. The van der Waals surface area contributed by atoms with E-state index in [9.17, 15) is 4.79 Å². The minimum absolute atomic E-state index is 0.178. The van der Waals surface area contributed by atoms with Crippen LogP contribution in [0.3, 0.4) is 0 Å². The van der Waals surface area contributed by atoms with Crippen molar-refractivity contribution in [2.45, 2.75) is 39.2 Å². The zero-order valence-corrected chi connectivity index (χ0v) is 17.8. The number of carbonyl (C=O) groups is 1. The molecule has 1 aliphatic heterocycles. The molecule has 0 fully saturated rings. The highest BCUT2D eigenvalue weighted by Gasteiger charge is 2.33. The number of carbonyl (C=O) groups excluding carboxylic acids is 1. The van der Waals surface area contributed by atoms with E-state index in [1.165, 1.54) is 6.33 Å². The number of benzene rings is 2. The van der Waals surface area contributed by atoms with Crippen molar-refractivity contribution in [1.29, 1.82) is 0 Å². The average Bonchev–Trinajstić information content (AvgIpc) is 3.25. The van der Waals surface area contributed by atoms with E-state index in [-0.39, 0.29) is 5.91 Å². The van der Waals surface area contributed by atoms with Gasteiger partial charge in [-0.25, -0.2) is 4.68 Å². The van der Waals surface area contributed by atoms with E-state index in [0.717, 1.165) is 42.0 Å². The Morgan fingerprint density at radius 2 is 1.90 bits per heavy atom. The number of hydrogen-bond acceptors (Lipinski definition) is 5. The highest BCUT2D eigenvalue weighted by molar-refractivity contribution is 6.06. The van der Waals surface area contributed by atoms with Gasteiger partial charge in [0.2, 0.25) is 5.95 Å². The fourth-order valence-corrected chi connectivity index (χ4v) is 3.70. The van der Waals surface area contributed by atoms with Crippen LogP contribution in [0.2, 0.25) is 0 Å². The van der Waals surface area contributed by atoms with E-state index in [4.69, 9.17) is 4.74 Å². The molecule has 0 saturated carbocycles. The Balaban J connectivity index is 1.61. The Hall–Kier alpha value is -3.61. The van der Waals surface area contributed by atoms with Gasteiger partial charge in [-0.1, -0.05) is 50.1 Å². The SMILES string of the molecule is CCCCCOc1ccc([C@@H]2C(C(=O)Nc3ccccc3)=C(C)Nc3ncnn32)cc1. The molecular formula is C24H27N5O2. The fourth-order valence-electron chi connectivity index (χ4n) is 3.70. The van der Waals surface area contributed by atoms with Crippen LogP contribution in [-0.4, -0.2) is 27.3 Å². The highest BCUT2D eigenvalue weighted by Crippen LogP contribution is 2.35. The first-order valence-corrected chi connectivity index (χ1v) is 10.6. The number of ether oxygens (including phenoxy) is 1. The largest absolute Gasteiger partial charge is 0.494 e. The van der Waals surface area contributed by atoms with Crippen molar-refractivity contribution in [2.75, 3.05) is 17.2 Å². The van der Waals surface area contributed by atoms with E-state index >= 15 is 0 Å². The van der Waals surface area contributed by atoms with E-state index in [1.54, 1.807) is 4.68 Å². The lowest BCUT2D eigenvalue weighted by atomic mass is 9.95. The molecule has 4 rings (SSSR count). The normalized spacial score (nSPS) is 15.2. The molecule has 7 nitrogen and oxygen atoms in total. The summed E-state index contributed by atoms with van der Waals surface area (Å²) in [7, 11) is 0. The van der Waals surface area contributed by atoms with Crippen molar-refractivity contribution in [3.8, 4) is 5.75 Å². The number of aromatic nitrogens is 3. The lowest BCUT2D eigenvalue weighted by Gasteiger charge is -2.28. The third kappa shape index (κ3) is 4.60. The van der Waals surface area contributed by atoms with Crippen molar-refractivity contribution >= 4 is 17.5 Å². The predicted octanol–water partition coefficient (Wildman–Crippen LogP) is 4.77. The Morgan fingerprint density at radius 3 is 2.65 bits per heavy atom. The van der Waals surface area contributed by atoms with Crippen LogP contribution in [0.4, 0.5) is 11.6 Å². The number of fused-ring (bicyclic) bond motifs is 1. The lowest BCUT2D eigenvalue weighted by molar-refractivity contribution is -0.113. The molecule has 0 radical (unpaired) electrons. The summed E-state index contributed by atoms with van der Waals surface area (Å²) in [6.45, 7) is 4.76. The average molecular weight is 418 g/mol. The van der Waals surface area contributed by atoms with Gasteiger partial charge in [-0.05, 0) is 43.2 Å². The van der Waals surface area contributed by atoms with Gasteiger partial charge in [0.1, 0.15) is 18.1 Å². The fraction of sp³-hybridized carbons (Fsp3) is 0.292. The quantitative estimate of drug-likeness (QED) is 0.516. The first kappa shape index (κ1) is 20.7. The maximum absolute atomic E-state index is 13.3. The number of amides is 1. The van der Waals surface area contributed by atoms with Gasteiger partial charge in [0.15, 0.2) is 0 Å². The molecule has 31 heavy (non-hydrogen) atoms. The standard InChI is InChI=1S/C24H27N5O2/c1-3-4-8-15-31-20-13-11-18(12-14-20)22-21(17(2)27-24-25-16-26-29(22)24)23(30)28-19-9-6-5-7-10-19/h5-7,9-14,16,22H,3-4,8,15H2,1-2H3,(H,28,30)(H,25,26,27)/t22-/m1/s1. The van der Waals surface area contributed by atoms with Crippen LogP contribution in [0.25, 0.3) is 0 Å². The number of allylic oxidation sites excluding steroid dienone is 1. The van der Waals surface area contributed by atoms with Crippen LogP contribution < -0.4 is 15.4 Å². The van der Waals surface area contributed by atoms with Gasteiger partial charge in [0, 0.05) is 11.4 Å². The van der Waals surface area contributed by atoms with E-state index in [1.807, 2.05) is 61.5 Å². The molecule has 0 saturated heterocycles. The molecule has 2 heterocycles. The molecule has 7 heteroatoms. The van der Waals surface area contributed by atoms with Gasteiger partial charge < -0.3 is 15.4 Å². The summed E-state index contributed by atoms with van der Waals surface area (Å²) >= 11 is 0. The number of anilines is 2. The van der Waals surface area contributed by atoms with Gasteiger partial charge >= 0.3 is 0 Å². The summed E-state index contributed by atoms with van der Waals surface area (Å²) in [5, 5.41) is 10.6. The van der Waals surface area contributed by atoms with E-state index in [2.05, 4.69) is 27.6 Å². The maximum Gasteiger partial charge on any atom is 0.255 e. The third-order valence-corrected chi connectivity index (χ3v) is 5.28. The first-order valence-electron chi connectivity index (χ1n) is 10.6. The van der Waals surface area contributed by atoms with Crippen molar-refractivity contribution in [3.05, 3.63) is 77.8 Å². The summed E-state index contributed by atoms with van der Waals surface area (Å²) in [5.74, 6) is 1.25. The van der Waals surface area contributed by atoms with E-state index in [0.29, 0.717) is 18.1 Å². The third-order valence-electron chi connectivity index (χ3n) is 5.28. The minimum atomic E-state index is -0.392. The number of nitrogens with zero attached hydrogens (tertiary/aromatic N) is 3. The zero-order valence-electron chi connectivity index (χ0n) is 17.8. The lowest BCUT2D eigenvalue weighted by Crippen LogP contribution is -2.31. The van der Waals surface area contributed by atoms with Crippen LogP contribution in [0.5, 0.6) is 5.75 Å². The van der Waals surface area contributed by atoms with Crippen molar-refractivity contribution in [3.63, 3.8) is 0 Å². The molecule has 1 aliphatic rings. The van der Waals surface area contributed by atoms with Gasteiger partial charge in [-0.15, -0.1) is 0 Å². The number of rotatable bonds is 8. The summed E-state index contributed by atoms with van der Waals surface area (Å²) in [6, 6.07) is 16.9. The maximum atomic E-state index is 13.3. The van der Waals surface area contributed by atoms with Crippen molar-refractivity contribution in [2.24, 2.45) is 0 Å². The predicted molar refractivity (Wildman–Crippen MR) is 121 cm³/mol. The molecule has 0 aliphatic carbocycles. The van der Waals surface area contributed by atoms with Crippen LogP contribution in [-0.2, 0) is 4.79 Å². The van der Waals surface area contributed by atoms with Crippen LogP contribution in [0, 0.1) is 0 Å². The molecule has 0 bridgehead atoms. The Kier molecular flexibility index (Phi) is 6.31. The Labute approximate surface area is 182 Å². The molecule has 1 amide bonds. The number of hydrogen-bond donors (Lipinski definition) is 2. The Bertz CT molecular complexity index is 1060. The van der Waals surface area contributed by atoms with Crippen molar-refractivity contribution in [1.82, 2.24) is 14.8 Å². The second-order valence-electron chi connectivity index (χ2n) is 7.54. The second-order valence-corrected chi connectivity index (χ2v) is 7.54. The van der Waals surface area contributed by atoms with Crippen molar-refractivity contribution < 1.29 is 9.53 Å². The second kappa shape index (κ2) is 9.47. The molecule has 0 spiro atoms. The van der Waals surface area contributed by atoms with Gasteiger partial charge in [0.05, 0.1) is 12.2 Å². The summed E-state index contributed by atoms with van der Waals surface area (Å²) in [5.41, 5.74) is 3.02. The molecule has 0 unspecified atom stereocenters. The summed E-state index contributed by atoms with van der Waals surface area (Å²) < 4.78 is 7.58. The monoisotopic (exact) mass is 417 g/mol. The van der Waals surface area contributed by atoms with E-state index < -0.39 is 6.04 Å². The molecule has 2 aromatic carbocycles. The van der Waals surface area contributed by atoms with Crippen LogP contribution in [0.1, 0.15) is 44.7 Å².